The number of hydrogen-bond acceptors (Lipinski definition) is 2. The summed E-state index contributed by atoms with van der Waals surface area (Å²) in [6.45, 7) is 5.75. The second-order valence-electron chi connectivity index (χ2n) is 6.67. The Morgan fingerprint density at radius 3 is 2.44 bits per heavy atom. The first-order valence-corrected chi connectivity index (χ1v) is 8.99. The van der Waals surface area contributed by atoms with Crippen molar-refractivity contribution in [2.75, 3.05) is 13.6 Å². The van der Waals surface area contributed by atoms with Crippen molar-refractivity contribution in [2.45, 2.75) is 26.8 Å². The van der Waals surface area contributed by atoms with Crippen LogP contribution >= 0.6 is 24.0 Å². The van der Waals surface area contributed by atoms with Gasteiger partial charge in [-0.1, -0.05) is 41.5 Å². The predicted molar refractivity (Wildman–Crippen MR) is 124 cm³/mol. The number of aliphatic imine (C=N–C) groups is 1. The molecule has 0 aliphatic rings. The summed E-state index contributed by atoms with van der Waals surface area (Å²) in [5.41, 5.74) is 6.13. The predicted octanol–water partition coefficient (Wildman–Crippen LogP) is 3.72. The maximum Gasteiger partial charge on any atom is 0.191 e. The highest BCUT2D eigenvalue weighted by atomic mass is 127. The summed E-state index contributed by atoms with van der Waals surface area (Å²) in [6.07, 6.45) is 0.968. The van der Waals surface area contributed by atoms with E-state index in [1.807, 2.05) is 25.2 Å². The van der Waals surface area contributed by atoms with Gasteiger partial charge < -0.3 is 15.2 Å². The van der Waals surface area contributed by atoms with E-state index in [9.17, 15) is 0 Å². The fourth-order valence-corrected chi connectivity index (χ4v) is 3.28. The Kier molecular flexibility index (Phi) is 7.65. The Morgan fingerprint density at radius 2 is 1.78 bits per heavy atom. The van der Waals surface area contributed by atoms with Gasteiger partial charge in [0.2, 0.25) is 0 Å². The average molecular weight is 477 g/mol. The van der Waals surface area contributed by atoms with E-state index in [0.29, 0.717) is 6.54 Å². The van der Waals surface area contributed by atoms with Crippen LogP contribution in [0, 0.1) is 13.8 Å². The SMILES string of the molecule is CN=C(NCCc1cc(C)cc(C)c1)NCc1nc2ccccc2n1C.I. The van der Waals surface area contributed by atoms with Gasteiger partial charge in [0.1, 0.15) is 5.82 Å². The van der Waals surface area contributed by atoms with Crippen molar-refractivity contribution in [1.29, 1.82) is 0 Å². The highest BCUT2D eigenvalue weighted by Gasteiger charge is 2.07. The van der Waals surface area contributed by atoms with Crippen LogP contribution in [-0.2, 0) is 20.0 Å². The molecule has 27 heavy (non-hydrogen) atoms. The topological polar surface area (TPSA) is 54.2 Å². The van der Waals surface area contributed by atoms with Gasteiger partial charge >= 0.3 is 0 Å². The summed E-state index contributed by atoms with van der Waals surface area (Å²) < 4.78 is 2.12. The summed E-state index contributed by atoms with van der Waals surface area (Å²) in [4.78, 5) is 8.99. The van der Waals surface area contributed by atoms with Crippen molar-refractivity contribution in [3.05, 3.63) is 65.0 Å². The lowest BCUT2D eigenvalue weighted by Crippen LogP contribution is -2.38. The lowest BCUT2D eigenvalue weighted by Gasteiger charge is -2.12. The summed E-state index contributed by atoms with van der Waals surface area (Å²) in [6, 6.07) is 14.9. The fourth-order valence-electron chi connectivity index (χ4n) is 3.28. The first-order chi connectivity index (χ1) is 12.6. The summed E-state index contributed by atoms with van der Waals surface area (Å²) in [7, 11) is 3.84. The molecule has 2 aromatic carbocycles. The van der Waals surface area contributed by atoms with Gasteiger partial charge in [-0.15, -0.1) is 24.0 Å². The quantitative estimate of drug-likeness (QED) is 0.335. The van der Waals surface area contributed by atoms with E-state index in [0.717, 1.165) is 35.8 Å². The number of hydrogen-bond donors (Lipinski definition) is 2. The van der Waals surface area contributed by atoms with E-state index in [4.69, 9.17) is 0 Å². The third kappa shape index (κ3) is 5.45. The van der Waals surface area contributed by atoms with Crippen LogP contribution in [0.4, 0.5) is 0 Å². The van der Waals surface area contributed by atoms with Crippen LogP contribution in [0.3, 0.4) is 0 Å². The molecular weight excluding hydrogens is 449 g/mol. The zero-order chi connectivity index (χ0) is 18.5. The first kappa shape index (κ1) is 21.2. The Bertz CT molecular complexity index is 909. The number of halogens is 1. The van der Waals surface area contributed by atoms with Gasteiger partial charge in [0.15, 0.2) is 5.96 Å². The number of para-hydroxylation sites is 2. The minimum atomic E-state index is 0. The van der Waals surface area contributed by atoms with Crippen LogP contribution in [0.2, 0.25) is 0 Å². The lowest BCUT2D eigenvalue weighted by molar-refractivity contribution is 0.734. The summed E-state index contributed by atoms with van der Waals surface area (Å²) in [5.74, 6) is 1.78. The zero-order valence-electron chi connectivity index (χ0n) is 16.4. The van der Waals surface area contributed by atoms with Crippen molar-refractivity contribution < 1.29 is 0 Å². The molecule has 0 fully saturated rings. The van der Waals surface area contributed by atoms with Gasteiger partial charge in [-0.2, -0.15) is 0 Å². The van der Waals surface area contributed by atoms with E-state index >= 15 is 0 Å². The highest BCUT2D eigenvalue weighted by Crippen LogP contribution is 2.14. The second kappa shape index (κ2) is 9.73. The van der Waals surface area contributed by atoms with E-state index in [1.165, 1.54) is 16.7 Å². The molecule has 0 bridgehead atoms. The smallest absolute Gasteiger partial charge is 0.191 e. The molecule has 0 aliphatic heterocycles. The molecule has 3 rings (SSSR count). The lowest BCUT2D eigenvalue weighted by atomic mass is 10.1. The molecular formula is C21H28IN5. The molecule has 0 amide bonds. The minimum Gasteiger partial charge on any atom is -0.356 e. The van der Waals surface area contributed by atoms with Crippen molar-refractivity contribution in [1.82, 2.24) is 20.2 Å². The number of aryl methyl sites for hydroxylation is 3. The number of imidazole rings is 1. The van der Waals surface area contributed by atoms with E-state index in [-0.39, 0.29) is 24.0 Å². The molecule has 0 radical (unpaired) electrons. The molecule has 1 aromatic heterocycles. The second-order valence-corrected chi connectivity index (χ2v) is 6.67. The number of nitrogens with zero attached hydrogens (tertiary/aromatic N) is 3. The zero-order valence-corrected chi connectivity index (χ0v) is 18.7. The van der Waals surface area contributed by atoms with Gasteiger partial charge in [-0.3, -0.25) is 4.99 Å². The minimum absolute atomic E-state index is 0. The Hall–Kier alpha value is -2.09. The van der Waals surface area contributed by atoms with Crippen LogP contribution in [0.15, 0.2) is 47.5 Å². The van der Waals surface area contributed by atoms with Crippen LogP contribution in [0.1, 0.15) is 22.5 Å². The van der Waals surface area contributed by atoms with Crippen molar-refractivity contribution in [3.63, 3.8) is 0 Å². The fraction of sp³-hybridized carbons (Fsp3) is 0.333. The van der Waals surface area contributed by atoms with Crippen molar-refractivity contribution in [3.8, 4) is 0 Å². The van der Waals surface area contributed by atoms with Crippen molar-refractivity contribution in [2.24, 2.45) is 12.0 Å². The Balaban J connectivity index is 0.00000261. The normalized spacial score (nSPS) is 11.3. The molecule has 0 aliphatic carbocycles. The van der Waals surface area contributed by atoms with E-state index in [2.05, 4.69) is 63.3 Å². The monoisotopic (exact) mass is 477 g/mol. The first-order valence-electron chi connectivity index (χ1n) is 8.99. The van der Waals surface area contributed by atoms with Gasteiger partial charge in [0.25, 0.3) is 0 Å². The molecule has 0 spiro atoms. The van der Waals surface area contributed by atoms with Crippen LogP contribution < -0.4 is 10.6 Å². The molecule has 6 heteroatoms. The number of guanidine groups is 1. The van der Waals surface area contributed by atoms with E-state index < -0.39 is 0 Å². The maximum atomic E-state index is 4.68. The van der Waals surface area contributed by atoms with Gasteiger partial charge in [0, 0.05) is 20.6 Å². The number of nitrogens with one attached hydrogen (secondary N) is 2. The van der Waals surface area contributed by atoms with Gasteiger partial charge in [-0.05, 0) is 38.0 Å². The van der Waals surface area contributed by atoms with Crippen LogP contribution in [0.25, 0.3) is 11.0 Å². The van der Waals surface area contributed by atoms with Gasteiger partial charge in [-0.25, -0.2) is 4.98 Å². The maximum absolute atomic E-state index is 4.68. The Morgan fingerprint density at radius 1 is 1.07 bits per heavy atom. The standard InChI is InChI=1S/C21H27N5.HI/c1-15-11-16(2)13-17(12-15)9-10-23-21(22-3)24-14-20-25-18-7-5-6-8-19(18)26(20)4;/h5-8,11-13H,9-10,14H2,1-4H3,(H2,22,23,24);1H. The third-order valence-electron chi connectivity index (χ3n) is 4.50. The molecule has 0 saturated heterocycles. The molecule has 0 saturated carbocycles. The molecule has 1 heterocycles. The number of fused-ring (bicyclic) bond motifs is 1. The third-order valence-corrected chi connectivity index (χ3v) is 4.50. The van der Waals surface area contributed by atoms with Gasteiger partial charge in [0.05, 0.1) is 17.6 Å². The molecule has 144 valence electrons. The summed E-state index contributed by atoms with van der Waals surface area (Å²) >= 11 is 0. The number of benzene rings is 2. The molecule has 2 N–H and O–H groups in total. The van der Waals surface area contributed by atoms with E-state index in [1.54, 1.807) is 7.05 Å². The highest BCUT2D eigenvalue weighted by molar-refractivity contribution is 14.0. The number of rotatable bonds is 5. The van der Waals surface area contributed by atoms with Crippen molar-refractivity contribution >= 4 is 41.0 Å². The molecule has 3 aromatic rings. The molecule has 5 nitrogen and oxygen atoms in total. The Labute approximate surface area is 178 Å². The largest absolute Gasteiger partial charge is 0.356 e. The summed E-state index contributed by atoms with van der Waals surface area (Å²) in [5, 5.41) is 6.73. The van der Waals surface area contributed by atoms with Crippen LogP contribution in [-0.4, -0.2) is 29.1 Å². The molecule has 0 atom stereocenters. The number of aromatic nitrogens is 2. The van der Waals surface area contributed by atoms with Crippen LogP contribution in [0.5, 0.6) is 0 Å². The average Bonchev–Trinajstić information content (AvgIpc) is 2.93. The molecule has 0 unspecified atom stereocenters.